The Bertz CT molecular complexity index is 1230. The monoisotopic (exact) mass is 435 g/mol. The molecule has 31 heavy (non-hydrogen) atoms. The molecule has 1 amide bonds. The van der Waals surface area contributed by atoms with Crippen LogP contribution in [0.15, 0.2) is 42.6 Å². The van der Waals surface area contributed by atoms with E-state index in [0.29, 0.717) is 23.1 Å². The van der Waals surface area contributed by atoms with Gasteiger partial charge in [0.1, 0.15) is 11.3 Å². The van der Waals surface area contributed by atoms with Crippen molar-refractivity contribution in [2.75, 3.05) is 12.0 Å². The van der Waals surface area contributed by atoms with Crippen LogP contribution in [-0.4, -0.2) is 32.8 Å². The van der Waals surface area contributed by atoms with Crippen molar-refractivity contribution in [2.24, 2.45) is 0 Å². The number of hydrogen-bond acceptors (Lipinski definition) is 6. The Morgan fingerprint density at radius 3 is 2.68 bits per heavy atom. The minimum Gasteiger partial charge on any atom is -0.494 e. The number of hydrogen-bond donors (Lipinski definition) is 0. The van der Waals surface area contributed by atoms with E-state index in [1.807, 2.05) is 68.8 Å². The zero-order chi connectivity index (χ0) is 22.1. The fourth-order valence-corrected chi connectivity index (χ4v) is 4.56. The molecule has 7 nitrogen and oxygen atoms in total. The van der Waals surface area contributed by atoms with E-state index in [1.54, 1.807) is 18.2 Å². The highest BCUT2D eigenvalue weighted by molar-refractivity contribution is 7.22. The summed E-state index contributed by atoms with van der Waals surface area (Å²) >= 11 is 1.47. The molecule has 3 aromatic heterocycles. The van der Waals surface area contributed by atoms with Crippen molar-refractivity contribution < 1.29 is 9.53 Å². The normalized spacial score (nSPS) is 11.3. The molecule has 0 saturated heterocycles. The zero-order valence-corrected chi connectivity index (χ0v) is 19.1. The fourth-order valence-electron chi connectivity index (χ4n) is 3.51. The average molecular weight is 436 g/mol. The molecular formula is C23H25N5O2S. The molecule has 0 N–H and O–H groups in total. The number of aryl methyl sites for hydroxylation is 2. The predicted octanol–water partition coefficient (Wildman–Crippen LogP) is 4.94. The van der Waals surface area contributed by atoms with Gasteiger partial charge in [0, 0.05) is 17.9 Å². The van der Waals surface area contributed by atoms with Crippen LogP contribution in [0.25, 0.3) is 10.2 Å². The molecule has 1 aromatic carbocycles. The van der Waals surface area contributed by atoms with Gasteiger partial charge in [-0.2, -0.15) is 5.10 Å². The van der Waals surface area contributed by atoms with Gasteiger partial charge in [-0.3, -0.25) is 19.4 Å². The number of pyridine rings is 1. The molecule has 0 spiro atoms. The third-order valence-corrected chi connectivity index (χ3v) is 6.28. The highest BCUT2D eigenvalue weighted by Crippen LogP contribution is 2.37. The van der Waals surface area contributed by atoms with Crippen LogP contribution in [0.4, 0.5) is 5.13 Å². The molecule has 4 aromatic rings. The van der Waals surface area contributed by atoms with Crippen molar-refractivity contribution in [3.05, 3.63) is 65.2 Å². The molecule has 0 aliphatic rings. The van der Waals surface area contributed by atoms with Crippen molar-refractivity contribution in [1.29, 1.82) is 0 Å². The smallest absolute Gasteiger partial charge is 0.280 e. The van der Waals surface area contributed by atoms with Crippen LogP contribution in [-0.2, 0) is 6.54 Å². The summed E-state index contributed by atoms with van der Waals surface area (Å²) in [5, 5.41) is 5.15. The summed E-state index contributed by atoms with van der Waals surface area (Å²) in [7, 11) is 1.63. The first-order valence-corrected chi connectivity index (χ1v) is 10.9. The molecule has 0 aliphatic heterocycles. The maximum Gasteiger partial charge on any atom is 0.280 e. The number of nitrogens with zero attached hydrogens (tertiary/aromatic N) is 5. The van der Waals surface area contributed by atoms with Gasteiger partial charge >= 0.3 is 0 Å². The summed E-state index contributed by atoms with van der Waals surface area (Å²) < 4.78 is 8.35. The lowest BCUT2D eigenvalue weighted by Gasteiger charge is -2.18. The molecule has 3 heterocycles. The number of ether oxygens (including phenoxy) is 1. The van der Waals surface area contributed by atoms with Crippen molar-refractivity contribution in [3.8, 4) is 5.75 Å². The van der Waals surface area contributed by atoms with Crippen LogP contribution < -0.4 is 9.64 Å². The van der Waals surface area contributed by atoms with Crippen molar-refractivity contribution in [3.63, 3.8) is 0 Å². The lowest BCUT2D eigenvalue weighted by molar-refractivity contribution is 0.0979. The number of aromatic nitrogens is 4. The van der Waals surface area contributed by atoms with Crippen LogP contribution in [0.5, 0.6) is 5.75 Å². The van der Waals surface area contributed by atoms with Crippen LogP contribution >= 0.6 is 11.3 Å². The van der Waals surface area contributed by atoms with E-state index in [4.69, 9.17) is 9.72 Å². The fraction of sp³-hybridized carbons (Fsp3) is 0.304. The first kappa shape index (κ1) is 21.0. The zero-order valence-electron chi connectivity index (χ0n) is 18.3. The summed E-state index contributed by atoms with van der Waals surface area (Å²) in [6.45, 7) is 8.38. The van der Waals surface area contributed by atoms with Crippen LogP contribution in [0, 0.1) is 13.8 Å². The highest BCUT2D eigenvalue weighted by atomic mass is 32.1. The molecule has 0 bridgehead atoms. The third kappa shape index (κ3) is 4.03. The number of benzene rings is 1. The Kier molecular flexibility index (Phi) is 5.73. The van der Waals surface area contributed by atoms with E-state index in [-0.39, 0.29) is 11.9 Å². The van der Waals surface area contributed by atoms with Gasteiger partial charge in [-0.05, 0) is 57.5 Å². The number of fused-ring (bicyclic) bond motifs is 1. The van der Waals surface area contributed by atoms with Gasteiger partial charge in [0.15, 0.2) is 10.8 Å². The lowest BCUT2D eigenvalue weighted by atomic mass is 10.2. The SMILES string of the molecule is COc1ccc(C)c2sc(N(Cc3ccccn3)C(=O)c3cc(C)n(C(C)C)n3)nc12. The van der Waals surface area contributed by atoms with E-state index >= 15 is 0 Å². The molecular weight excluding hydrogens is 410 g/mol. The van der Waals surface area contributed by atoms with Crippen molar-refractivity contribution in [1.82, 2.24) is 19.7 Å². The van der Waals surface area contributed by atoms with Gasteiger partial charge in [0.25, 0.3) is 5.91 Å². The largest absolute Gasteiger partial charge is 0.494 e. The number of anilines is 1. The quantitative estimate of drug-likeness (QED) is 0.429. The molecule has 0 aliphatic carbocycles. The molecule has 8 heteroatoms. The van der Waals surface area contributed by atoms with E-state index in [2.05, 4.69) is 10.1 Å². The Hall–Kier alpha value is -3.26. The van der Waals surface area contributed by atoms with E-state index < -0.39 is 0 Å². The van der Waals surface area contributed by atoms with Crippen LogP contribution in [0.3, 0.4) is 0 Å². The molecule has 0 atom stereocenters. The third-order valence-electron chi connectivity index (χ3n) is 5.07. The summed E-state index contributed by atoms with van der Waals surface area (Å²) in [5.74, 6) is 0.483. The van der Waals surface area contributed by atoms with Gasteiger partial charge in [-0.1, -0.05) is 23.5 Å². The maximum atomic E-state index is 13.6. The number of methoxy groups -OCH3 is 1. The lowest BCUT2D eigenvalue weighted by Crippen LogP contribution is -2.31. The van der Waals surface area contributed by atoms with Gasteiger partial charge in [-0.15, -0.1) is 0 Å². The number of carbonyl (C=O) groups excluding carboxylic acids is 1. The van der Waals surface area contributed by atoms with Crippen molar-refractivity contribution in [2.45, 2.75) is 40.3 Å². The van der Waals surface area contributed by atoms with Gasteiger partial charge in [0.05, 0.1) is 24.0 Å². The molecule has 0 fully saturated rings. The Morgan fingerprint density at radius 1 is 1.23 bits per heavy atom. The Balaban J connectivity index is 1.81. The van der Waals surface area contributed by atoms with Gasteiger partial charge < -0.3 is 4.74 Å². The van der Waals surface area contributed by atoms with Crippen molar-refractivity contribution >= 4 is 32.6 Å². The number of rotatable bonds is 6. The minimum atomic E-state index is -0.205. The van der Waals surface area contributed by atoms with Gasteiger partial charge in [-0.25, -0.2) is 4.98 Å². The Morgan fingerprint density at radius 2 is 2.03 bits per heavy atom. The summed E-state index contributed by atoms with van der Waals surface area (Å²) in [6.07, 6.45) is 1.72. The molecule has 160 valence electrons. The van der Waals surface area contributed by atoms with Gasteiger partial charge in [0.2, 0.25) is 0 Å². The molecule has 0 saturated carbocycles. The van der Waals surface area contributed by atoms with E-state index in [1.165, 1.54) is 11.3 Å². The second-order valence-corrected chi connectivity index (χ2v) is 8.66. The summed E-state index contributed by atoms with van der Waals surface area (Å²) in [5.41, 5.74) is 3.96. The highest BCUT2D eigenvalue weighted by Gasteiger charge is 2.26. The van der Waals surface area contributed by atoms with Crippen LogP contribution in [0.1, 0.15) is 47.3 Å². The Labute approximate surface area is 185 Å². The minimum absolute atomic E-state index is 0.167. The standard InChI is InChI=1S/C23H25N5O2S/c1-14(2)28-16(4)12-18(26-28)22(29)27(13-17-8-6-7-11-24-17)23-25-20-19(30-5)10-9-15(3)21(20)31-23/h6-12,14H,13H2,1-5H3. The maximum absolute atomic E-state index is 13.6. The topological polar surface area (TPSA) is 73.1 Å². The number of carbonyl (C=O) groups is 1. The number of amides is 1. The second kappa shape index (κ2) is 8.47. The molecule has 0 unspecified atom stereocenters. The first-order valence-electron chi connectivity index (χ1n) is 10.1. The average Bonchev–Trinajstić information content (AvgIpc) is 3.37. The van der Waals surface area contributed by atoms with E-state index in [0.717, 1.165) is 27.2 Å². The molecule has 4 rings (SSSR count). The summed E-state index contributed by atoms with van der Waals surface area (Å²) in [4.78, 5) is 24.5. The van der Waals surface area contributed by atoms with Crippen LogP contribution in [0.2, 0.25) is 0 Å². The predicted molar refractivity (Wildman–Crippen MR) is 123 cm³/mol. The van der Waals surface area contributed by atoms with E-state index in [9.17, 15) is 4.79 Å². The second-order valence-electron chi connectivity index (χ2n) is 7.68. The number of thiazole rings is 1. The first-order chi connectivity index (χ1) is 14.9. The summed E-state index contributed by atoms with van der Waals surface area (Å²) in [6, 6.07) is 11.6. The molecule has 0 radical (unpaired) electrons.